The Balaban J connectivity index is 1.40. The first-order valence-electron chi connectivity index (χ1n) is 13.4. The van der Waals surface area contributed by atoms with Crippen LogP contribution in [0, 0.1) is 0 Å². The van der Waals surface area contributed by atoms with Crippen molar-refractivity contribution in [3.05, 3.63) is 76.9 Å². The molecule has 1 heterocycles. The first-order valence-corrected chi connectivity index (χ1v) is 14.4. The van der Waals surface area contributed by atoms with E-state index in [1.54, 1.807) is 12.1 Å². The standard InChI is InChI=1S/C31H35Cl2N3O3/c1-34(2)17-18-36-30(38)27-8-4-6-24-19-23(21-28(29(24)27)31(36)39)20-26(37)7-3-5-22-9-11-25(12-10-22)35(15-13-32)16-14-33/h4,6,8-12,19,21H,3,5,7,13-18,20H2,1-2H3. The molecule has 2 amide bonds. The summed E-state index contributed by atoms with van der Waals surface area (Å²) in [5, 5.41) is 1.50. The Hall–Kier alpha value is -2.93. The molecule has 0 fully saturated rings. The molecule has 39 heavy (non-hydrogen) atoms. The summed E-state index contributed by atoms with van der Waals surface area (Å²) in [5.74, 6) is 0.665. The predicted molar refractivity (Wildman–Crippen MR) is 160 cm³/mol. The van der Waals surface area contributed by atoms with Crippen LogP contribution in [0.3, 0.4) is 0 Å². The van der Waals surface area contributed by atoms with E-state index in [0.717, 1.165) is 42.6 Å². The number of Topliss-reactive ketones (excluding diaryl/α,β-unsaturated/α-hetero) is 1. The molecule has 0 bridgehead atoms. The molecular weight excluding hydrogens is 533 g/mol. The maximum Gasteiger partial charge on any atom is 0.261 e. The molecule has 0 saturated carbocycles. The zero-order valence-electron chi connectivity index (χ0n) is 22.6. The zero-order valence-corrected chi connectivity index (χ0v) is 24.1. The number of alkyl halides is 2. The number of benzene rings is 3. The van der Waals surface area contributed by atoms with Crippen molar-refractivity contribution in [2.75, 3.05) is 56.9 Å². The average molecular weight is 569 g/mol. The Kier molecular flexibility index (Phi) is 10.0. The van der Waals surface area contributed by atoms with E-state index in [0.29, 0.717) is 47.8 Å². The molecule has 1 aliphatic rings. The van der Waals surface area contributed by atoms with Crippen LogP contribution in [0.2, 0.25) is 0 Å². The highest BCUT2D eigenvalue weighted by molar-refractivity contribution is 6.25. The summed E-state index contributed by atoms with van der Waals surface area (Å²) in [6.07, 6.45) is 2.28. The van der Waals surface area contributed by atoms with Crippen molar-refractivity contribution < 1.29 is 14.4 Å². The molecule has 206 valence electrons. The Morgan fingerprint density at radius 1 is 0.846 bits per heavy atom. The van der Waals surface area contributed by atoms with Crippen LogP contribution in [-0.4, -0.2) is 79.4 Å². The molecule has 3 aromatic carbocycles. The molecule has 6 nitrogen and oxygen atoms in total. The first kappa shape index (κ1) is 29.1. The SMILES string of the molecule is CN(C)CCN1C(=O)c2cccc3cc(CC(=O)CCCc4ccc(N(CCCl)CCCl)cc4)cc(c23)C1=O. The lowest BCUT2D eigenvalue weighted by Gasteiger charge is -2.28. The number of hydrogen-bond acceptors (Lipinski definition) is 5. The number of carbonyl (C=O) groups is 3. The Bertz CT molecular complexity index is 1330. The van der Waals surface area contributed by atoms with Crippen molar-refractivity contribution in [1.82, 2.24) is 9.80 Å². The Labute approximate surface area is 240 Å². The lowest BCUT2D eigenvalue weighted by atomic mass is 9.90. The maximum absolute atomic E-state index is 13.3. The molecule has 4 rings (SSSR count). The summed E-state index contributed by atoms with van der Waals surface area (Å²) in [4.78, 5) is 44.7. The van der Waals surface area contributed by atoms with E-state index < -0.39 is 0 Å². The van der Waals surface area contributed by atoms with Crippen LogP contribution in [-0.2, 0) is 17.6 Å². The second-order valence-corrected chi connectivity index (χ2v) is 11.0. The number of nitrogens with zero attached hydrogens (tertiary/aromatic N) is 3. The van der Waals surface area contributed by atoms with Gasteiger partial charge in [0, 0.05) is 73.0 Å². The number of amides is 2. The van der Waals surface area contributed by atoms with Gasteiger partial charge in [-0.1, -0.05) is 30.3 Å². The van der Waals surface area contributed by atoms with Crippen molar-refractivity contribution in [2.24, 2.45) is 0 Å². The molecule has 1 aliphatic heterocycles. The van der Waals surface area contributed by atoms with Gasteiger partial charge in [0.05, 0.1) is 0 Å². The minimum atomic E-state index is -0.293. The van der Waals surface area contributed by atoms with Crippen molar-refractivity contribution in [3.8, 4) is 0 Å². The number of imide groups is 1. The fourth-order valence-electron chi connectivity index (χ4n) is 5.08. The number of halogens is 2. The molecular formula is C31H35Cl2N3O3. The number of ketones is 1. The van der Waals surface area contributed by atoms with Gasteiger partial charge in [0.15, 0.2) is 0 Å². The highest BCUT2D eigenvalue weighted by Gasteiger charge is 2.33. The summed E-state index contributed by atoms with van der Waals surface area (Å²) in [5.41, 5.74) is 4.12. The van der Waals surface area contributed by atoms with Gasteiger partial charge in [-0.25, -0.2) is 0 Å². The molecule has 0 spiro atoms. The van der Waals surface area contributed by atoms with E-state index in [9.17, 15) is 14.4 Å². The van der Waals surface area contributed by atoms with E-state index in [1.165, 1.54) is 10.5 Å². The zero-order chi connectivity index (χ0) is 27.9. The maximum atomic E-state index is 13.3. The van der Waals surface area contributed by atoms with Gasteiger partial charge in [-0.05, 0) is 67.7 Å². The predicted octanol–water partition coefficient (Wildman–Crippen LogP) is 5.42. The molecule has 0 unspecified atom stereocenters. The molecule has 0 radical (unpaired) electrons. The van der Waals surface area contributed by atoms with Crippen molar-refractivity contribution in [3.63, 3.8) is 0 Å². The van der Waals surface area contributed by atoms with E-state index in [4.69, 9.17) is 23.2 Å². The molecule has 0 aliphatic carbocycles. The third kappa shape index (κ3) is 6.99. The van der Waals surface area contributed by atoms with Gasteiger partial charge in [0.1, 0.15) is 5.78 Å². The van der Waals surface area contributed by atoms with Gasteiger partial charge in [-0.2, -0.15) is 0 Å². The lowest BCUT2D eigenvalue weighted by Crippen LogP contribution is -2.43. The minimum Gasteiger partial charge on any atom is -0.369 e. The van der Waals surface area contributed by atoms with Crippen LogP contribution >= 0.6 is 23.2 Å². The molecule has 0 saturated heterocycles. The van der Waals surface area contributed by atoms with Crippen molar-refractivity contribution in [2.45, 2.75) is 25.7 Å². The summed E-state index contributed by atoms with van der Waals surface area (Å²) in [6, 6.07) is 17.6. The molecule has 0 atom stereocenters. The van der Waals surface area contributed by atoms with Gasteiger partial charge in [-0.15, -0.1) is 23.2 Å². The fourth-order valence-corrected chi connectivity index (χ4v) is 5.49. The summed E-state index contributed by atoms with van der Waals surface area (Å²) >= 11 is 11.8. The second kappa shape index (κ2) is 13.4. The van der Waals surface area contributed by atoms with E-state index >= 15 is 0 Å². The summed E-state index contributed by atoms with van der Waals surface area (Å²) in [7, 11) is 3.82. The molecule has 8 heteroatoms. The monoisotopic (exact) mass is 567 g/mol. The Morgan fingerprint density at radius 2 is 1.54 bits per heavy atom. The van der Waals surface area contributed by atoms with Gasteiger partial charge in [-0.3, -0.25) is 19.3 Å². The summed E-state index contributed by atoms with van der Waals surface area (Å²) in [6.45, 7) is 2.40. The smallest absolute Gasteiger partial charge is 0.261 e. The normalized spacial score (nSPS) is 13.0. The van der Waals surface area contributed by atoms with E-state index in [-0.39, 0.29) is 24.0 Å². The van der Waals surface area contributed by atoms with Gasteiger partial charge >= 0.3 is 0 Å². The van der Waals surface area contributed by atoms with Crippen LogP contribution < -0.4 is 4.90 Å². The van der Waals surface area contributed by atoms with Crippen molar-refractivity contribution >= 4 is 57.3 Å². The number of aryl methyl sites for hydroxylation is 1. The first-order chi connectivity index (χ1) is 18.8. The summed E-state index contributed by atoms with van der Waals surface area (Å²) < 4.78 is 0. The topological polar surface area (TPSA) is 60.9 Å². The highest BCUT2D eigenvalue weighted by atomic mass is 35.5. The second-order valence-electron chi connectivity index (χ2n) is 10.2. The molecule has 0 N–H and O–H groups in total. The number of likely N-dealkylation sites (N-methyl/N-ethyl adjacent to an activating group) is 1. The number of rotatable bonds is 14. The molecule has 0 aromatic heterocycles. The molecule has 3 aromatic rings. The quantitative estimate of drug-likeness (QED) is 0.192. The van der Waals surface area contributed by atoms with Crippen LogP contribution in [0.5, 0.6) is 0 Å². The highest BCUT2D eigenvalue weighted by Crippen LogP contribution is 2.31. The fraction of sp³-hybridized carbons (Fsp3) is 0.387. The number of hydrogen-bond donors (Lipinski definition) is 0. The largest absolute Gasteiger partial charge is 0.369 e. The van der Waals surface area contributed by atoms with Crippen LogP contribution in [0.25, 0.3) is 10.8 Å². The number of anilines is 1. The average Bonchev–Trinajstić information content (AvgIpc) is 2.91. The van der Waals surface area contributed by atoms with Gasteiger partial charge < -0.3 is 9.80 Å². The number of carbonyl (C=O) groups excluding carboxylic acids is 3. The van der Waals surface area contributed by atoms with Crippen LogP contribution in [0.4, 0.5) is 5.69 Å². The van der Waals surface area contributed by atoms with E-state index in [2.05, 4.69) is 29.2 Å². The third-order valence-corrected chi connectivity index (χ3v) is 7.43. The van der Waals surface area contributed by atoms with Gasteiger partial charge in [0.2, 0.25) is 0 Å². The lowest BCUT2D eigenvalue weighted by molar-refractivity contribution is -0.118. The van der Waals surface area contributed by atoms with Gasteiger partial charge in [0.25, 0.3) is 11.8 Å². The minimum absolute atomic E-state index is 0.133. The van der Waals surface area contributed by atoms with Crippen LogP contribution in [0.15, 0.2) is 54.6 Å². The third-order valence-electron chi connectivity index (χ3n) is 7.09. The van der Waals surface area contributed by atoms with Crippen LogP contribution in [0.1, 0.15) is 44.7 Å². The van der Waals surface area contributed by atoms with Crippen molar-refractivity contribution in [1.29, 1.82) is 0 Å². The van der Waals surface area contributed by atoms with E-state index in [1.807, 2.05) is 37.2 Å². The Morgan fingerprint density at radius 3 is 2.21 bits per heavy atom.